The third kappa shape index (κ3) is 4.47. The Morgan fingerprint density at radius 1 is 1.53 bits per heavy atom. The molecule has 0 spiro atoms. The number of nitrogens with zero attached hydrogens (tertiary/aromatic N) is 1. The fourth-order valence-electron chi connectivity index (χ4n) is 1.70. The first kappa shape index (κ1) is 14.2. The molecule has 1 aliphatic rings. The number of nitrogens with two attached hydrogens (primary N) is 1. The number of rotatable bonds is 4. The van der Waals surface area contributed by atoms with Crippen LogP contribution in [-0.4, -0.2) is 47.8 Å². The highest BCUT2D eigenvalue weighted by atomic mass is 32.1. The summed E-state index contributed by atoms with van der Waals surface area (Å²) in [6.07, 6.45) is -3.03. The van der Waals surface area contributed by atoms with Crippen LogP contribution in [0.15, 0.2) is 0 Å². The van der Waals surface area contributed by atoms with Gasteiger partial charge in [0.25, 0.3) is 0 Å². The van der Waals surface area contributed by atoms with Crippen LogP contribution in [0.3, 0.4) is 0 Å². The minimum Gasteiger partial charge on any atom is -0.392 e. The van der Waals surface area contributed by atoms with Gasteiger partial charge in [0.15, 0.2) is 0 Å². The first-order chi connectivity index (χ1) is 7.81. The van der Waals surface area contributed by atoms with Gasteiger partial charge in [0.2, 0.25) is 5.91 Å². The lowest BCUT2D eigenvalue weighted by Crippen LogP contribution is -2.44. The minimum absolute atomic E-state index is 0.187. The highest BCUT2D eigenvalue weighted by Gasteiger charge is 2.32. The van der Waals surface area contributed by atoms with Gasteiger partial charge in [0.1, 0.15) is 13.2 Å². The third-order valence-electron chi connectivity index (χ3n) is 2.39. The summed E-state index contributed by atoms with van der Waals surface area (Å²) in [6, 6.07) is -0.355. The Balaban J connectivity index is 2.40. The molecule has 0 aromatic heterocycles. The molecule has 1 atom stereocenters. The van der Waals surface area contributed by atoms with Gasteiger partial charge in [-0.2, -0.15) is 13.2 Å². The smallest absolute Gasteiger partial charge is 0.392 e. The van der Waals surface area contributed by atoms with Crippen LogP contribution in [0.5, 0.6) is 0 Å². The monoisotopic (exact) mass is 270 g/mol. The zero-order valence-corrected chi connectivity index (χ0v) is 9.81. The number of hydrogen-bond acceptors (Lipinski definition) is 3. The fraction of sp³-hybridized carbons (Fsp3) is 0.778. The number of carbonyl (C=O) groups excluding carboxylic acids is 1. The van der Waals surface area contributed by atoms with E-state index in [1.54, 1.807) is 0 Å². The van der Waals surface area contributed by atoms with E-state index in [-0.39, 0.29) is 11.0 Å². The van der Waals surface area contributed by atoms with Crippen LogP contribution >= 0.6 is 12.2 Å². The molecule has 0 aromatic rings. The van der Waals surface area contributed by atoms with Crippen LogP contribution < -0.4 is 5.73 Å². The Labute approximate surface area is 102 Å². The second kappa shape index (κ2) is 5.63. The van der Waals surface area contributed by atoms with Gasteiger partial charge in [-0.05, 0) is 12.8 Å². The predicted molar refractivity (Wildman–Crippen MR) is 58.4 cm³/mol. The summed E-state index contributed by atoms with van der Waals surface area (Å²) in [7, 11) is 0. The SMILES string of the molecule is NC(=S)C1CCCN1C(=O)COCC(F)(F)F. The van der Waals surface area contributed by atoms with Gasteiger partial charge in [-0.3, -0.25) is 4.79 Å². The summed E-state index contributed by atoms with van der Waals surface area (Å²) in [6.45, 7) is -1.57. The quantitative estimate of drug-likeness (QED) is 0.769. The van der Waals surface area contributed by atoms with E-state index < -0.39 is 25.3 Å². The topological polar surface area (TPSA) is 55.6 Å². The van der Waals surface area contributed by atoms with Crippen LogP contribution in [0.1, 0.15) is 12.8 Å². The van der Waals surface area contributed by atoms with E-state index in [0.29, 0.717) is 13.0 Å². The molecule has 0 radical (unpaired) electrons. The lowest BCUT2D eigenvalue weighted by Gasteiger charge is -2.23. The zero-order valence-electron chi connectivity index (χ0n) is 9.00. The molecule has 1 unspecified atom stereocenters. The summed E-state index contributed by atoms with van der Waals surface area (Å²) in [5.74, 6) is -0.510. The summed E-state index contributed by atoms with van der Waals surface area (Å²) in [5, 5.41) is 0. The normalized spacial score (nSPS) is 20.6. The van der Waals surface area contributed by atoms with Gasteiger partial charge in [-0.1, -0.05) is 12.2 Å². The maximum Gasteiger partial charge on any atom is 0.411 e. The molecule has 17 heavy (non-hydrogen) atoms. The van der Waals surface area contributed by atoms with Crippen molar-refractivity contribution >= 4 is 23.1 Å². The van der Waals surface area contributed by atoms with Crippen molar-refractivity contribution < 1.29 is 22.7 Å². The summed E-state index contributed by atoms with van der Waals surface area (Å²) < 4.78 is 39.7. The first-order valence-corrected chi connectivity index (χ1v) is 5.45. The molecule has 0 aliphatic carbocycles. The number of halogens is 3. The van der Waals surface area contributed by atoms with Crippen molar-refractivity contribution in [3.05, 3.63) is 0 Å². The Hall–Kier alpha value is -0.890. The number of carbonyl (C=O) groups is 1. The average Bonchev–Trinajstić information content (AvgIpc) is 2.63. The molecule has 1 aliphatic heterocycles. The van der Waals surface area contributed by atoms with E-state index in [9.17, 15) is 18.0 Å². The highest BCUT2D eigenvalue weighted by molar-refractivity contribution is 7.80. The average molecular weight is 270 g/mol. The van der Waals surface area contributed by atoms with Crippen molar-refractivity contribution in [1.82, 2.24) is 4.90 Å². The van der Waals surface area contributed by atoms with Crippen LogP contribution in [0.2, 0.25) is 0 Å². The van der Waals surface area contributed by atoms with Crippen LogP contribution in [-0.2, 0) is 9.53 Å². The molecule has 0 bridgehead atoms. The highest BCUT2D eigenvalue weighted by Crippen LogP contribution is 2.18. The van der Waals surface area contributed by atoms with Crippen molar-refractivity contribution in [1.29, 1.82) is 0 Å². The molecule has 1 fully saturated rings. The number of thiocarbonyl (C=S) groups is 1. The fourth-order valence-corrected chi connectivity index (χ4v) is 1.94. The van der Waals surface area contributed by atoms with E-state index in [2.05, 4.69) is 4.74 Å². The lowest BCUT2D eigenvalue weighted by atomic mass is 10.2. The second-order valence-corrected chi connectivity index (χ2v) is 4.23. The molecule has 2 N–H and O–H groups in total. The summed E-state index contributed by atoms with van der Waals surface area (Å²) >= 11 is 4.79. The van der Waals surface area contributed by atoms with Gasteiger partial charge in [0.05, 0.1) is 11.0 Å². The maximum atomic E-state index is 11.8. The summed E-state index contributed by atoms with van der Waals surface area (Å²) in [4.78, 5) is 13.1. The van der Waals surface area contributed by atoms with Crippen molar-refractivity contribution in [3.63, 3.8) is 0 Å². The molecule has 0 aromatic carbocycles. The molecule has 4 nitrogen and oxygen atoms in total. The Morgan fingerprint density at radius 2 is 2.18 bits per heavy atom. The predicted octanol–water partition coefficient (Wildman–Crippen LogP) is 0.842. The molecule has 1 saturated heterocycles. The summed E-state index contributed by atoms with van der Waals surface area (Å²) in [5.41, 5.74) is 5.44. The molecular weight excluding hydrogens is 257 g/mol. The lowest BCUT2D eigenvalue weighted by molar-refractivity contribution is -0.177. The molecule has 1 rings (SSSR count). The van der Waals surface area contributed by atoms with Crippen LogP contribution in [0.25, 0.3) is 0 Å². The maximum absolute atomic E-state index is 11.8. The molecule has 98 valence electrons. The van der Waals surface area contributed by atoms with Crippen molar-refractivity contribution in [3.8, 4) is 0 Å². The minimum atomic E-state index is -4.42. The number of alkyl halides is 3. The van der Waals surface area contributed by atoms with Gasteiger partial charge in [-0.15, -0.1) is 0 Å². The van der Waals surface area contributed by atoms with E-state index in [0.717, 1.165) is 6.42 Å². The number of likely N-dealkylation sites (tertiary alicyclic amines) is 1. The van der Waals surface area contributed by atoms with Crippen LogP contribution in [0, 0.1) is 0 Å². The molecular formula is C9H13F3N2O2S. The van der Waals surface area contributed by atoms with Crippen molar-refractivity contribution in [2.75, 3.05) is 19.8 Å². The Bertz CT molecular complexity index is 309. The van der Waals surface area contributed by atoms with Crippen molar-refractivity contribution in [2.45, 2.75) is 25.1 Å². The van der Waals surface area contributed by atoms with Gasteiger partial charge in [0, 0.05) is 6.54 Å². The molecule has 1 amide bonds. The standard InChI is InChI=1S/C9H13F3N2O2S/c10-9(11,12)5-16-4-7(15)14-3-1-2-6(14)8(13)17/h6H,1-5H2,(H2,13,17). The van der Waals surface area contributed by atoms with E-state index in [1.807, 2.05) is 0 Å². The van der Waals surface area contributed by atoms with Crippen LogP contribution in [0.4, 0.5) is 13.2 Å². The molecule has 0 saturated carbocycles. The Morgan fingerprint density at radius 3 is 2.71 bits per heavy atom. The largest absolute Gasteiger partial charge is 0.411 e. The first-order valence-electron chi connectivity index (χ1n) is 5.04. The zero-order chi connectivity index (χ0) is 13.1. The molecule has 1 heterocycles. The molecule has 8 heteroatoms. The van der Waals surface area contributed by atoms with Gasteiger partial charge in [-0.25, -0.2) is 0 Å². The third-order valence-corrected chi connectivity index (χ3v) is 2.66. The van der Waals surface area contributed by atoms with Gasteiger partial charge < -0.3 is 15.4 Å². The number of hydrogen-bond donors (Lipinski definition) is 1. The van der Waals surface area contributed by atoms with Crippen molar-refractivity contribution in [2.24, 2.45) is 5.73 Å². The van der Waals surface area contributed by atoms with Gasteiger partial charge >= 0.3 is 6.18 Å². The van der Waals surface area contributed by atoms with E-state index in [1.165, 1.54) is 4.90 Å². The van der Waals surface area contributed by atoms with E-state index in [4.69, 9.17) is 18.0 Å². The number of amides is 1. The van der Waals surface area contributed by atoms with E-state index >= 15 is 0 Å². The second-order valence-electron chi connectivity index (χ2n) is 3.76. The number of ether oxygens (including phenoxy) is 1. The Kier molecular flexibility index (Phi) is 4.70.